The van der Waals surface area contributed by atoms with Gasteiger partial charge >= 0.3 is 0 Å². The molecular formula is C11H9F2NS2. The summed E-state index contributed by atoms with van der Waals surface area (Å²) in [6.07, 6.45) is 0. The molecule has 0 aliphatic heterocycles. The molecule has 0 saturated carbocycles. The van der Waals surface area contributed by atoms with Crippen molar-refractivity contribution >= 4 is 24.0 Å². The van der Waals surface area contributed by atoms with E-state index < -0.39 is 11.6 Å². The number of aryl methyl sites for hydroxylation is 1. The summed E-state index contributed by atoms with van der Waals surface area (Å²) in [5.74, 6) is -0.640. The van der Waals surface area contributed by atoms with Crippen molar-refractivity contribution in [2.75, 3.05) is 0 Å². The third kappa shape index (κ3) is 1.97. The average molecular weight is 257 g/mol. The topological polar surface area (TPSA) is 12.9 Å². The normalized spacial score (nSPS) is 10.8. The Morgan fingerprint density at radius 1 is 1.31 bits per heavy atom. The van der Waals surface area contributed by atoms with Crippen molar-refractivity contribution in [1.29, 1.82) is 0 Å². The van der Waals surface area contributed by atoms with Crippen LogP contribution in [-0.4, -0.2) is 4.98 Å². The molecule has 1 aromatic heterocycles. The van der Waals surface area contributed by atoms with Crippen molar-refractivity contribution in [2.45, 2.75) is 12.7 Å². The van der Waals surface area contributed by atoms with Crippen LogP contribution in [0.15, 0.2) is 18.2 Å². The maximum absolute atomic E-state index is 13.5. The number of hydrogen-bond donors (Lipinski definition) is 1. The summed E-state index contributed by atoms with van der Waals surface area (Å²) in [5.41, 5.74) is 0.723. The van der Waals surface area contributed by atoms with Crippen molar-refractivity contribution in [3.63, 3.8) is 0 Å². The molecule has 0 N–H and O–H groups in total. The minimum absolute atomic E-state index is 0.0522. The molecule has 5 heteroatoms. The highest BCUT2D eigenvalue weighted by atomic mass is 32.1. The Balaban J connectivity index is 2.58. The number of aromatic nitrogens is 1. The molecule has 84 valence electrons. The quantitative estimate of drug-likeness (QED) is 0.807. The predicted octanol–water partition coefficient (Wildman–Crippen LogP) is 3.83. The lowest BCUT2D eigenvalue weighted by molar-refractivity contribution is 0.589. The largest absolute Gasteiger partial charge is 0.241 e. The second-order valence-corrected chi connectivity index (χ2v) is 4.68. The van der Waals surface area contributed by atoms with Gasteiger partial charge in [0.15, 0.2) is 0 Å². The monoisotopic (exact) mass is 257 g/mol. The molecule has 1 heterocycles. The van der Waals surface area contributed by atoms with E-state index >= 15 is 0 Å². The number of halogens is 2. The Labute approximate surface area is 102 Å². The van der Waals surface area contributed by atoms with Crippen molar-refractivity contribution in [3.05, 3.63) is 40.4 Å². The van der Waals surface area contributed by atoms with Gasteiger partial charge < -0.3 is 0 Å². The maximum atomic E-state index is 13.5. The number of nitrogens with zero attached hydrogens (tertiary/aromatic N) is 1. The molecule has 2 aromatic rings. The standard InChI is InChI=1S/C11H9F2NS2/c1-6-9(5-15)16-11(14-6)10-7(12)3-2-4-8(10)13/h2-4,15H,5H2,1H3. The predicted molar refractivity (Wildman–Crippen MR) is 64.9 cm³/mol. The fourth-order valence-electron chi connectivity index (χ4n) is 1.38. The van der Waals surface area contributed by atoms with Gasteiger partial charge in [0.1, 0.15) is 16.6 Å². The van der Waals surface area contributed by atoms with Crippen LogP contribution in [0.25, 0.3) is 10.6 Å². The molecule has 2 rings (SSSR count). The number of thiazole rings is 1. The molecule has 0 fully saturated rings. The van der Waals surface area contributed by atoms with Gasteiger partial charge in [-0.3, -0.25) is 0 Å². The Bertz CT molecular complexity index is 502. The van der Waals surface area contributed by atoms with Crippen LogP contribution in [-0.2, 0) is 5.75 Å². The van der Waals surface area contributed by atoms with Gasteiger partial charge in [0.25, 0.3) is 0 Å². The summed E-state index contributed by atoms with van der Waals surface area (Å²) in [6.45, 7) is 1.81. The lowest BCUT2D eigenvalue weighted by Gasteiger charge is -1.99. The first-order chi connectivity index (χ1) is 7.63. The zero-order valence-electron chi connectivity index (χ0n) is 8.50. The van der Waals surface area contributed by atoms with Gasteiger partial charge in [-0.1, -0.05) is 6.07 Å². The molecule has 0 bridgehead atoms. The maximum Gasteiger partial charge on any atom is 0.136 e. The van der Waals surface area contributed by atoms with Gasteiger partial charge in [-0.2, -0.15) is 12.6 Å². The third-order valence-electron chi connectivity index (χ3n) is 2.21. The molecule has 1 aromatic carbocycles. The van der Waals surface area contributed by atoms with Gasteiger partial charge in [0.05, 0.1) is 11.3 Å². The molecule has 0 aliphatic rings. The average Bonchev–Trinajstić information content (AvgIpc) is 2.59. The minimum atomic E-state index is -0.584. The fourth-order valence-corrected chi connectivity index (χ4v) is 2.78. The summed E-state index contributed by atoms with van der Waals surface area (Å²) in [5, 5.41) is 0.372. The summed E-state index contributed by atoms with van der Waals surface area (Å²) in [6, 6.07) is 3.80. The zero-order chi connectivity index (χ0) is 11.7. The van der Waals surface area contributed by atoms with Crippen molar-refractivity contribution in [2.24, 2.45) is 0 Å². The van der Waals surface area contributed by atoms with E-state index in [0.29, 0.717) is 10.8 Å². The van der Waals surface area contributed by atoms with Crippen LogP contribution < -0.4 is 0 Å². The van der Waals surface area contributed by atoms with E-state index in [1.165, 1.54) is 29.5 Å². The molecule has 0 amide bonds. The highest BCUT2D eigenvalue weighted by Gasteiger charge is 2.16. The van der Waals surface area contributed by atoms with Crippen molar-refractivity contribution in [3.8, 4) is 10.6 Å². The smallest absolute Gasteiger partial charge is 0.136 e. The first-order valence-corrected chi connectivity index (χ1v) is 6.10. The second kappa shape index (κ2) is 4.51. The molecule has 0 aliphatic carbocycles. The van der Waals surface area contributed by atoms with Gasteiger partial charge in [0.2, 0.25) is 0 Å². The van der Waals surface area contributed by atoms with E-state index in [4.69, 9.17) is 0 Å². The molecule has 0 spiro atoms. The van der Waals surface area contributed by atoms with E-state index in [-0.39, 0.29) is 5.56 Å². The summed E-state index contributed by atoms with van der Waals surface area (Å²) >= 11 is 5.41. The van der Waals surface area contributed by atoms with Gasteiger partial charge in [0, 0.05) is 10.6 Å². The SMILES string of the molecule is Cc1nc(-c2c(F)cccc2F)sc1CS. The van der Waals surface area contributed by atoms with Crippen LogP contribution >= 0.6 is 24.0 Å². The Morgan fingerprint density at radius 3 is 2.44 bits per heavy atom. The second-order valence-electron chi connectivity index (χ2n) is 3.28. The summed E-state index contributed by atoms with van der Waals surface area (Å²) < 4.78 is 27.0. The molecule has 0 radical (unpaired) electrons. The molecule has 0 unspecified atom stereocenters. The molecule has 0 saturated heterocycles. The van der Waals surface area contributed by atoms with Gasteiger partial charge in [-0.25, -0.2) is 13.8 Å². The third-order valence-corrected chi connectivity index (χ3v) is 3.92. The molecule has 0 atom stereocenters. The lowest BCUT2D eigenvalue weighted by Crippen LogP contribution is -1.88. The first-order valence-electron chi connectivity index (χ1n) is 4.65. The number of rotatable bonds is 2. The van der Waals surface area contributed by atoms with Gasteiger partial charge in [-0.05, 0) is 19.1 Å². The van der Waals surface area contributed by atoms with E-state index in [2.05, 4.69) is 17.6 Å². The van der Waals surface area contributed by atoms with E-state index in [0.717, 1.165) is 10.6 Å². The van der Waals surface area contributed by atoms with Crippen LogP contribution in [0.4, 0.5) is 8.78 Å². The van der Waals surface area contributed by atoms with Crippen LogP contribution in [0, 0.1) is 18.6 Å². The Hall–Kier alpha value is -0.940. The summed E-state index contributed by atoms with van der Waals surface area (Å²) in [4.78, 5) is 5.09. The number of thiol groups is 1. The minimum Gasteiger partial charge on any atom is -0.241 e. The number of benzene rings is 1. The molecule has 16 heavy (non-hydrogen) atoms. The van der Waals surface area contributed by atoms with E-state index in [1.807, 2.05) is 6.92 Å². The molecule has 1 nitrogen and oxygen atoms in total. The lowest BCUT2D eigenvalue weighted by atomic mass is 10.2. The van der Waals surface area contributed by atoms with E-state index in [9.17, 15) is 8.78 Å². The van der Waals surface area contributed by atoms with Crippen LogP contribution in [0.3, 0.4) is 0 Å². The van der Waals surface area contributed by atoms with Crippen LogP contribution in [0.5, 0.6) is 0 Å². The first kappa shape index (κ1) is 11.5. The van der Waals surface area contributed by atoms with Crippen LogP contribution in [0.2, 0.25) is 0 Å². The fraction of sp³-hybridized carbons (Fsp3) is 0.182. The molecular weight excluding hydrogens is 248 g/mol. The Kier molecular flexibility index (Phi) is 3.25. The number of hydrogen-bond acceptors (Lipinski definition) is 3. The van der Waals surface area contributed by atoms with E-state index in [1.54, 1.807) is 0 Å². The zero-order valence-corrected chi connectivity index (χ0v) is 10.2. The Morgan fingerprint density at radius 2 is 1.94 bits per heavy atom. The van der Waals surface area contributed by atoms with Crippen molar-refractivity contribution in [1.82, 2.24) is 4.98 Å². The highest BCUT2D eigenvalue weighted by Crippen LogP contribution is 2.32. The summed E-state index contributed by atoms with van der Waals surface area (Å²) in [7, 11) is 0. The van der Waals surface area contributed by atoms with Crippen molar-refractivity contribution < 1.29 is 8.78 Å². The highest BCUT2D eigenvalue weighted by molar-refractivity contribution is 7.79. The van der Waals surface area contributed by atoms with Crippen LogP contribution in [0.1, 0.15) is 10.6 Å². The van der Waals surface area contributed by atoms with Gasteiger partial charge in [-0.15, -0.1) is 11.3 Å².